The third kappa shape index (κ3) is 8.97. The molecule has 0 saturated carbocycles. The van der Waals surface area contributed by atoms with E-state index in [2.05, 4.69) is 0 Å². The monoisotopic (exact) mass is 744 g/mol. The van der Waals surface area contributed by atoms with E-state index in [9.17, 15) is 18.9 Å². The molecule has 3 aliphatic heterocycles. The number of piperidine rings is 1. The first-order valence-corrected chi connectivity index (χ1v) is 19.7. The molecule has 3 heterocycles. The predicted molar refractivity (Wildman–Crippen MR) is 191 cm³/mol. The van der Waals surface area contributed by atoms with Crippen molar-refractivity contribution in [2.75, 3.05) is 26.7 Å². The van der Waals surface area contributed by atoms with E-state index in [1.54, 1.807) is 90.1 Å². The molecule has 3 aliphatic rings. The van der Waals surface area contributed by atoms with E-state index in [4.69, 9.17) is 32.5 Å². The molecule has 2 aromatic rings. The fraction of sp³-hybridized carbons (Fsp3) is 0.615. The molecular formula is C39H55NO11P+. The molecule has 0 N–H and O–H groups in total. The maximum Gasteiger partial charge on any atom is 0.482 e. The SMILES string of the molecule is C[C@@H](OC(C(=O)OC1CC2CCC(C1)[N+]21CCCC1)(c1ccccc1)c1ccccc1)OP(=O)(OCOC(=O)C(C)(C)C)OCOC(=O)C(C)(C)C. The Morgan fingerprint density at radius 2 is 1.17 bits per heavy atom. The molecule has 0 amide bonds. The third-order valence-corrected chi connectivity index (χ3v) is 11.7. The number of esters is 3. The minimum atomic E-state index is -4.68. The highest BCUT2D eigenvalue weighted by Gasteiger charge is 2.57. The van der Waals surface area contributed by atoms with Crippen molar-refractivity contribution in [2.45, 2.75) is 117 Å². The number of ether oxygens (including phenoxy) is 4. The molecule has 12 nitrogen and oxygen atoms in total. The summed E-state index contributed by atoms with van der Waals surface area (Å²) in [6.45, 7) is 12.2. The lowest BCUT2D eigenvalue weighted by Crippen LogP contribution is -2.60. The van der Waals surface area contributed by atoms with Crippen molar-refractivity contribution in [3.05, 3.63) is 71.8 Å². The quantitative estimate of drug-likeness (QED) is 0.0631. The van der Waals surface area contributed by atoms with E-state index in [0.717, 1.165) is 30.2 Å². The van der Waals surface area contributed by atoms with Gasteiger partial charge >= 0.3 is 25.7 Å². The number of benzene rings is 2. The van der Waals surface area contributed by atoms with Crippen LogP contribution in [0.4, 0.5) is 0 Å². The molecule has 2 bridgehead atoms. The van der Waals surface area contributed by atoms with Gasteiger partial charge in [0.25, 0.3) is 0 Å². The van der Waals surface area contributed by atoms with Gasteiger partial charge < -0.3 is 23.4 Å². The summed E-state index contributed by atoms with van der Waals surface area (Å²) in [4.78, 5) is 39.7. The zero-order valence-electron chi connectivity index (χ0n) is 31.5. The molecule has 3 atom stereocenters. The molecule has 3 fully saturated rings. The van der Waals surface area contributed by atoms with Crippen LogP contribution in [0.2, 0.25) is 0 Å². The van der Waals surface area contributed by atoms with Crippen molar-refractivity contribution in [1.82, 2.24) is 0 Å². The van der Waals surface area contributed by atoms with E-state index in [1.807, 2.05) is 12.1 Å². The first-order valence-electron chi connectivity index (χ1n) is 18.3. The fourth-order valence-electron chi connectivity index (χ4n) is 7.75. The van der Waals surface area contributed by atoms with Crippen molar-refractivity contribution < 1.29 is 56.0 Å². The average molecular weight is 745 g/mol. The molecule has 5 rings (SSSR count). The zero-order valence-corrected chi connectivity index (χ0v) is 32.4. The Hall–Kier alpha value is -3.12. The summed E-state index contributed by atoms with van der Waals surface area (Å²) in [6, 6.07) is 18.8. The Kier molecular flexibility index (Phi) is 12.4. The second-order valence-electron chi connectivity index (χ2n) is 16.1. The van der Waals surface area contributed by atoms with Gasteiger partial charge in [0.05, 0.1) is 36.0 Å². The van der Waals surface area contributed by atoms with E-state index < -0.39 is 62.0 Å². The van der Waals surface area contributed by atoms with Crippen LogP contribution in [0, 0.1) is 10.8 Å². The number of carbonyl (C=O) groups excluding carboxylic acids is 3. The van der Waals surface area contributed by atoms with E-state index >= 15 is 0 Å². The molecule has 0 aliphatic carbocycles. The summed E-state index contributed by atoms with van der Waals surface area (Å²) >= 11 is 0. The van der Waals surface area contributed by atoms with E-state index in [1.165, 1.54) is 32.9 Å². The summed E-state index contributed by atoms with van der Waals surface area (Å²) in [7, 11) is -4.68. The number of phosphoric ester groups is 1. The predicted octanol–water partition coefficient (Wildman–Crippen LogP) is 7.39. The Morgan fingerprint density at radius 1 is 0.731 bits per heavy atom. The van der Waals surface area contributed by atoms with E-state index in [0.29, 0.717) is 23.2 Å². The number of hydrogen-bond donors (Lipinski definition) is 0. The second-order valence-corrected chi connectivity index (χ2v) is 17.8. The van der Waals surface area contributed by atoms with Crippen LogP contribution < -0.4 is 0 Å². The highest BCUT2D eigenvalue weighted by molar-refractivity contribution is 7.48. The van der Waals surface area contributed by atoms with Gasteiger partial charge in [-0.25, -0.2) is 18.4 Å². The zero-order chi connectivity index (χ0) is 37.8. The van der Waals surface area contributed by atoms with Crippen molar-refractivity contribution in [3.63, 3.8) is 0 Å². The van der Waals surface area contributed by atoms with Gasteiger partial charge in [0.15, 0.2) is 6.29 Å². The summed E-state index contributed by atoms with van der Waals surface area (Å²) in [6.07, 6.45) is 4.57. The van der Waals surface area contributed by atoms with Gasteiger partial charge in [0.1, 0.15) is 6.10 Å². The number of nitrogens with zero attached hydrogens (tertiary/aromatic N) is 1. The van der Waals surface area contributed by atoms with Gasteiger partial charge in [-0.3, -0.25) is 14.1 Å². The van der Waals surface area contributed by atoms with Crippen molar-refractivity contribution in [2.24, 2.45) is 10.8 Å². The second kappa shape index (κ2) is 16.1. The Morgan fingerprint density at radius 3 is 1.60 bits per heavy atom. The van der Waals surface area contributed by atoms with Gasteiger partial charge in [-0.15, -0.1) is 0 Å². The van der Waals surface area contributed by atoms with Crippen LogP contribution >= 0.6 is 7.82 Å². The largest absolute Gasteiger partial charge is 0.482 e. The lowest BCUT2D eigenvalue weighted by Gasteiger charge is -2.47. The molecule has 2 aromatic carbocycles. The molecule has 1 spiro atoms. The molecule has 0 aromatic heterocycles. The molecule has 52 heavy (non-hydrogen) atoms. The van der Waals surface area contributed by atoms with Gasteiger partial charge in [-0.1, -0.05) is 60.7 Å². The summed E-state index contributed by atoms with van der Waals surface area (Å²) in [5.41, 5.74) is -2.65. The van der Waals surface area contributed by atoms with Gasteiger partial charge in [-0.2, -0.15) is 0 Å². The first kappa shape index (κ1) is 40.1. The maximum atomic E-state index is 14.8. The number of hydrogen-bond acceptors (Lipinski definition) is 11. The number of quaternary nitrogens is 1. The number of rotatable bonds is 14. The van der Waals surface area contributed by atoms with Gasteiger partial charge in [0, 0.05) is 38.5 Å². The Labute approximate surface area is 307 Å². The fourth-order valence-corrected chi connectivity index (χ4v) is 8.71. The normalized spacial score (nSPS) is 22.2. The summed E-state index contributed by atoms with van der Waals surface area (Å²) in [5.74, 6) is -1.87. The first-order chi connectivity index (χ1) is 24.5. The summed E-state index contributed by atoms with van der Waals surface area (Å²) < 4.78 is 55.2. The molecule has 286 valence electrons. The van der Waals surface area contributed by atoms with Crippen molar-refractivity contribution >= 4 is 25.7 Å². The highest BCUT2D eigenvalue weighted by Crippen LogP contribution is 2.52. The molecule has 3 saturated heterocycles. The Balaban J connectivity index is 1.41. The molecular weight excluding hydrogens is 689 g/mol. The van der Waals surface area contributed by atoms with Gasteiger partial charge in [-0.05, 0) is 59.6 Å². The molecule has 13 heteroatoms. The van der Waals surface area contributed by atoms with Gasteiger partial charge in [0.2, 0.25) is 19.2 Å². The minimum absolute atomic E-state index is 0.297. The van der Waals surface area contributed by atoms with Crippen LogP contribution in [-0.2, 0) is 57.1 Å². The molecule has 2 unspecified atom stereocenters. The van der Waals surface area contributed by atoms with Crippen LogP contribution in [0.15, 0.2) is 60.7 Å². The number of phosphoric acid groups is 1. The lowest BCUT2D eigenvalue weighted by molar-refractivity contribution is -0.956. The average Bonchev–Trinajstić information content (AvgIpc) is 3.63. The third-order valence-electron chi connectivity index (χ3n) is 10.3. The van der Waals surface area contributed by atoms with Crippen LogP contribution in [0.25, 0.3) is 0 Å². The lowest BCUT2D eigenvalue weighted by atomic mass is 9.85. The summed E-state index contributed by atoms with van der Waals surface area (Å²) in [5, 5.41) is 0. The van der Waals surface area contributed by atoms with Crippen molar-refractivity contribution in [3.8, 4) is 0 Å². The van der Waals surface area contributed by atoms with Crippen LogP contribution in [0.5, 0.6) is 0 Å². The number of carbonyl (C=O) groups is 3. The minimum Gasteiger partial charge on any atom is -0.459 e. The van der Waals surface area contributed by atoms with E-state index in [-0.39, 0.29) is 6.10 Å². The smallest absolute Gasteiger partial charge is 0.459 e. The highest BCUT2D eigenvalue weighted by atomic mass is 31.2. The maximum absolute atomic E-state index is 14.8. The Bertz CT molecular complexity index is 1490. The topological polar surface area (TPSA) is 133 Å². The molecule has 0 radical (unpaired) electrons. The van der Waals surface area contributed by atoms with Crippen LogP contribution in [0.1, 0.15) is 98.1 Å². The standard InChI is InChI=1S/C39H55NO11P/c1-28(51-52(44,47-26-45-34(41)37(2,3)4)48-27-46-35(42)38(5,6)7)50-39(29-16-10-8-11-17-29,30-18-12-9-13-19-30)36(43)49-33-24-31-20-21-32(25-33)40(31)22-14-15-23-40/h8-13,16-19,28,31-33H,14-15,20-27H2,1-7H3/q+1/t28-,31?,32?,33?/m0/s1. The van der Waals surface area contributed by atoms with Crippen LogP contribution in [0.3, 0.4) is 0 Å². The van der Waals surface area contributed by atoms with Crippen molar-refractivity contribution in [1.29, 1.82) is 0 Å². The van der Waals surface area contributed by atoms with Crippen LogP contribution in [-0.4, -0.2) is 73.5 Å².